The molecule has 0 spiro atoms. The molecule has 0 saturated heterocycles. The molecule has 0 aromatic heterocycles. The molecule has 70 valence electrons. The van der Waals surface area contributed by atoms with Crippen LogP contribution in [0.3, 0.4) is 0 Å². The number of halogens is 1. The minimum absolute atomic E-state index is 0.361. The zero-order valence-electron chi connectivity index (χ0n) is 6.90. The molecule has 1 aromatic carbocycles. The monoisotopic (exact) mass is 199 g/mol. The third-order valence-corrected chi connectivity index (χ3v) is 1.82. The van der Waals surface area contributed by atoms with Gasteiger partial charge >= 0.3 is 0 Å². The molecule has 0 aliphatic rings. The number of rotatable bonds is 3. The number of aliphatic hydroxyl groups excluding tert-OH is 1. The van der Waals surface area contributed by atoms with Crippen LogP contribution in [0.5, 0.6) is 0 Å². The molecule has 1 rings (SSSR count). The first kappa shape index (κ1) is 10.0. The van der Waals surface area contributed by atoms with Crippen molar-refractivity contribution >= 4 is 23.2 Å². The summed E-state index contributed by atoms with van der Waals surface area (Å²) in [4.78, 5) is 11.1. The van der Waals surface area contributed by atoms with E-state index in [1.54, 1.807) is 24.3 Å². The van der Waals surface area contributed by atoms with Crippen LogP contribution in [0.15, 0.2) is 30.3 Å². The molecule has 1 atom stereocenters. The van der Waals surface area contributed by atoms with Gasteiger partial charge in [0.25, 0.3) is 0 Å². The van der Waals surface area contributed by atoms with Gasteiger partial charge < -0.3 is 10.4 Å². The highest BCUT2D eigenvalue weighted by Crippen LogP contribution is 2.06. The Hall–Kier alpha value is -1.06. The molecule has 0 heterocycles. The second kappa shape index (κ2) is 4.84. The molecular weight excluding hydrogens is 190 g/mol. The lowest BCUT2D eigenvalue weighted by Crippen LogP contribution is -2.25. The average Bonchev–Trinajstić information content (AvgIpc) is 2.18. The number of para-hydroxylation sites is 1. The van der Waals surface area contributed by atoms with Gasteiger partial charge in [0, 0.05) is 5.69 Å². The van der Waals surface area contributed by atoms with Gasteiger partial charge in [-0.3, -0.25) is 4.79 Å². The van der Waals surface area contributed by atoms with Crippen LogP contribution in [0.1, 0.15) is 0 Å². The number of hydrogen-bond donors (Lipinski definition) is 2. The van der Waals surface area contributed by atoms with E-state index in [2.05, 4.69) is 5.32 Å². The fraction of sp³-hybridized carbons (Fsp3) is 0.222. The topological polar surface area (TPSA) is 49.3 Å². The third kappa shape index (κ3) is 3.05. The molecule has 1 unspecified atom stereocenters. The number of alkyl halides is 1. The van der Waals surface area contributed by atoms with Crippen LogP contribution in [-0.2, 0) is 4.79 Å². The number of nitrogens with one attached hydrogen (secondary N) is 1. The van der Waals surface area contributed by atoms with Crippen molar-refractivity contribution in [2.45, 2.75) is 5.38 Å². The zero-order valence-corrected chi connectivity index (χ0v) is 7.66. The van der Waals surface area contributed by atoms with E-state index in [0.29, 0.717) is 5.69 Å². The maximum Gasteiger partial charge on any atom is 0.244 e. The predicted molar refractivity (Wildman–Crippen MR) is 51.8 cm³/mol. The zero-order chi connectivity index (χ0) is 9.68. The maximum atomic E-state index is 11.1. The van der Waals surface area contributed by atoms with Crippen LogP contribution in [0.25, 0.3) is 0 Å². The lowest BCUT2D eigenvalue weighted by atomic mass is 10.3. The summed E-state index contributed by atoms with van der Waals surface area (Å²) in [7, 11) is 0. The van der Waals surface area contributed by atoms with E-state index in [-0.39, 0.29) is 6.61 Å². The van der Waals surface area contributed by atoms with Crippen LogP contribution in [0.2, 0.25) is 0 Å². The molecule has 0 bridgehead atoms. The second-order valence-corrected chi connectivity index (χ2v) is 3.03. The van der Waals surface area contributed by atoms with Crippen LogP contribution in [0.4, 0.5) is 5.69 Å². The van der Waals surface area contributed by atoms with E-state index in [1.807, 2.05) is 6.07 Å². The number of carbonyl (C=O) groups is 1. The first-order valence-corrected chi connectivity index (χ1v) is 4.28. The third-order valence-electron chi connectivity index (χ3n) is 1.49. The fourth-order valence-electron chi connectivity index (χ4n) is 0.825. The molecule has 1 aromatic rings. The summed E-state index contributed by atoms with van der Waals surface area (Å²) < 4.78 is 0. The van der Waals surface area contributed by atoms with Crippen molar-refractivity contribution < 1.29 is 9.90 Å². The number of carbonyl (C=O) groups excluding carboxylic acids is 1. The number of aliphatic hydroxyl groups is 1. The number of hydrogen-bond acceptors (Lipinski definition) is 2. The van der Waals surface area contributed by atoms with Gasteiger partial charge in [0.15, 0.2) is 0 Å². The van der Waals surface area contributed by atoms with Gasteiger partial charge in [-0.2, -0.15) is 0 Å². The van der Waals surface area contributed by atoms with Crippen LogP contribution in [0, 0.1) is 0 Å². The van der Waals surface area contributed by atoms with Gasteiger partial charge in [0.1, 0.15) is 5.38 Å². The van der Waals surface area contributed by atoms with Gasteiger partial charge in [0.05, 0.1) is 6.61 Å². The molecular formula is C9H10ClNO2. The first-order valence-electron chi connectivity index (χ1n) is 3.85. The minimum atomic E-state index is -0.889. The quantitative estimate of drug-likeness (QED) is 0.720. The van der Waals surface area contributed by atoms with Gasteiger partial charge in [0.2, 0.25) is 5.91 Å². The highest BCUT2D eigenvalue weighted by molar-refractivity contribution is 6.32. The Morgan fingerprint density at radius 3 is 2.62 bits per heavy atom. The van der Waals surface area contributed by atoms with E-state index in [9.17, 15) is 4.79 Å². The lowest BCUT2D eigenvalue weighted by Gasteiger charge is -2.07. The molecule has 13 heavy (non-hydrogen) atoms. The van der Waals surface area contributed by atoms with Crippen molar-refractivity contribution in [3.05, 3.63) is 30.3 Å². The molecule has 3 nitrogen and oxygen atoms in total. The summed E-state index contributed by atoms with van der Waals surface area (Å²) >= 11 is 5.50. The van der Waals surface area contributed by atoms with Crippen molar-refractivity contribution in [3.8, 4) is 0 Å². The molecule has 0 aliphatic heterocycles. The molecule has 0 saturated carbocycles. The van der Waals surface area contributed by atoms with Crippen LogP contribution in [-0.4, -0.2) is 23.0 Å². The minimum Gasteiger partial charge on any atom is -0.394 e. The summed E-state index contributed by atoms with van der Waals surface area (Å²) in [6, 6.07) is 8.95. The van der Waals surface area contributed by atoms with E-state index in [1.165, 1.54) is 0 Å². The highest BCUT2D eigenvalue weighted by Gasteiger charge is 2.13. The Balaban J connectivity index is 2.55. The highest BCUT2D eigenvalue weighted by atomic mass is 35.5. The van der Waals surface area contributed by atoms with E-state index in [4.69, 9.17) is 16.7 Å². The number of amides is 1. The Morgan fingerprint density at radius 2 is 2.08 bits per heavy atom. The fourth-order valence-corrected chi connectivity index (χ4v) is 0.880. The largest absolute Gasteiger partial charge is 0.394 e. The molecule has 0 aliphatic carbocycles. The van der Waals surface area contributed by atoms with Gasteiger partial charge in [-0.25, -0.2) is 0 Å². The Morgan fingerprint density at radius 1 is 1.46 bits per heavy atom. The molecule has 0 fully saturated rings. The summed E-state index contributed by atoms with van der Waals surface area (Å²) in [6.45, 7) is -0.361. The summed E-state index contributed by atoms with van der Waals surface area (Å²) in [5.41, 5.74) is 0.673. The summed E-state index contributed by atoms with van der Waals surface area (Å²) in [6.07, 6.45) is 0. The van der Waals surface area contributed by atoms with E-state index < -0.39 is 11.3 Å². The first-order chi connectivity index (χ1) is 6.24. The number of anilines is 1. The Bertz CT molecular complexity index is 276. The Kier molecular flexibility index (Phi) is 3.73. The average molecular weight is 200 g/mol. The normalized spacial score (nSPS) is 12.2. The predicted octanol–water partition coefficient (Wildman–Crippen LogP) is 1.22. The lowest BCUT2D eigenvalue weighted by molar-refractivity contribution is -0.116. The van der Waals surface area contributed by atoms with Gasteiger partial charge in [-0.15, -0.1) is 11.6 Å². The standard InChI is InChI=1S/C9H10ClNO2/c10-8(6-12)9(13)11-7-4-2-1-3-5-7/h1-5,8,12H,6H2,(H,11,13). The second-order valence-electron chi connectivity index (χ2n) is 2.51. The Labute approximate surface area is 81.3 Å². The molecule has 1 amide bonds. The van der Waals surface area contributed by atoms with Crippen molar-refractivity contribution in [3.63, 3.8) is 0 Å². The SMILES string of the molecule is O=C(Nc1ccccc1)C(Cl)CO. The van der Waals surface area contributed by atoms with Crippen molar-refractivity contribution in [1.29, 1.82) is 0 Å². The smallest absolute Gasteiger partial charge is 0.244 e. The van der Waals surface area contributed by atoms with Crippen molar-refractivity contribution in [2.24, 2.45) is 0 Å². The summed E-state index contributed by atoms with van der Waals surface area (Å²) in [5.74, 6) is -0.393. The molecule has 0 radical (unpaired) electrons. The van der Waals surface area contributed by atoms with Gasteiger partial charge in [-0.05, 0) is 12.1 Å². The molecule has 2 N–H and O–H groups in total. The van der Waals surface area contributed by atoms with Crippen LogP contribution >= 0.6 is 11.6 Å². The van der Waals surface area contributed by atoms with Crippen molar-refractivity contribution in [2.75, 3.05) is 11.9 Å². The van der Waals surface area contributed by atoms with Crippen molar-refractivity contribution in [1.82, 2.24) is 0 Å². The number of benzene rings is 1. The summed E-state index contributed by atoms with van der Waals surface area (Å²) in [5, 5.41) is 10.3. The maximum absolute atomic E-state index is 11.1. The molecule has 4 heteroatoms. The van der Waals surface area contributed by atoms with E-state index >= 15 is 0 Å². The van der Waals surface area contributed by atoms with Gasteiger partial charge in [-0.1, -0.05) is 18.2 Å². The van der Waals surface area contributed by atoms with E-state index in [0.717, 1.165) is 0 Å². The van der Waals surface area contributed by atoms with Crippen LogP contribution < -0.4 is 5.32 Å².